The van der Waals surface area contributed by atoms with Crippen molar-refractivity contribution >= 4 is 5.57 Å². The molecule has 114 valence electrons. The van der Waals surface area contributed by atoms with Crippen molar-refractivity contribution in [3.8, 4) is 0 Å². The lowest BCUT2D eigenvalue weighted by atomic mass is 9.91. The molecule has 0 saturated heterocycles. The van der Waals surface area contributed by atoms with Gasteiger partial charge in [-0.1, -0.05) is 63.1 Å². The molecule has 0 aromatic heterocycles. The zero-order chi connectivity index (χ0) is 15.1. The first-order valence-corrected chi connectivity index (χ1v) is 8.31. The van der Waals surface area contributed by atoms with Gasteiger partial charge in [0.05, 0.1) is 6.10 Å². The van der Waals surface area contributed by atoms with Gasteiger partial charge in [0.1, 0.15) is 0 Å². The predicted molar refractivity (Wildman–Crippen MR) is 91.6 cm³/mol. The van der Waals surface area contributed by atoms with Crippen LogP contribution in [0, 0.1) is 0 Å². The molecule has 0 N–H and O–H groups in total. The van der Waals surface area contributed by atoms with Gasteiger partial charge in [-0.15, -0.1) is 0 Å². The molecule has 0 spiro atoms. The Labute approximate surface area is 129 Å². The summed E-state index contributed by atoms with van der Waals surface area (Å²) in [6.45, 7) is 4.51. The summed E-state index contributed by atoms with van der Waals surface area (Å²) in [5.74, 6) is 0. The number of hydrogen-bond donors (Lipinski definition) is 0. The van der Waals surface area contributed by atoms with E-state index >= 15 is 0 Å². The lowest BCUT2D eigenvalue weighted by molar-refractivity contribution is 0.143. The second-order valence-electron chi connectivity index (χ2n) is 5.83. The molecule has 0 heterocycles. The van der Waals surface area contributed by atoms with Crippen LogP contribution < -0.4 is 0 Å². The average Bonchev–Trinajstić information content (AvgIpc) is 2.55. The first-order valence-electron chi connectivity index (χ1n) is 8.31. The molecule has 1 aromatic rings. The summed E-state index contributed by atoms with van der Waals surface area (Å²) in [6.07, 6.45) is 14.1. The molecule has 0 radical (unpaired) electrons. The van der Waals surface area contributed by atoms with Crippen molar-refractivity contribution in [2.45, 2.75) is 58.5 Å². The molecule has 0 amide bonds. The number of hydrogen-bond acceptors (Lipinski definition) is 1. The van der Waals surface area contributed by atoms with Gasteiger partial charge in [-0.25, -0.2) is 0 Å². The summed E-state index contributed by atoms with van der Waals surface area (Å²) >= 11 is 0. The zero-order valence-electron chi connectivity index (χ0n) is 13.7. The van der Waals surface area contributed by atoms with E-state index in [4.69, 9.17) is 4.74 Å². The van der Waals surface area contributed by atoms with E-state index in [2.05, 4.69) is 50.3 Å². The lowest BCUT2D eigenvalue weighted by Gasteiger charge is -2.17. The van der Waals surface area contributed by atoms with Gasteiger partial charge in [0.25, 0.3) is 0 Å². The van der Waals surface area contributed by atoms with Crippen molar-refractivity contribution < 1.29 is 4.74 Å². The van der Waals surface area contributed by atoms with E-state index in [0.717, 1.165) is 12.8 Å². The van der Waals surface area contributed by atoms with E-state index in [9.17, 15) is 0 Å². The normalized spacial score (nSPS) is 17.9. The summed E-state index contributed by atoms with van der Waals surface area (Å²) in [5.41, 5.74) is 5.69. The highest BCUT2D eigenvalue weighted by molar-refractivity contribution is 5.77. The number of benzene rings is 1. The van der Waals surface area contributed by atoms with Crippen LogP contribution in [0.1, 0.15) is 56.2 Å². The van der Waals surface area contributed by atoms with Gasteiger partial charge in [0, 0.05) is 7.11 Å². The van der Waals surface area contributed by atoms with Crippen LogP contribution in [0.15, 0.2) is 36.4 Å². The molecule has 0 saturated carbocycles. The second-order valence-corrected chi connectivity index (χ2v) is 5.83. The van der Waals surface area contributed by atoms with Crippen molar-refractivity contribution in [2.24, 2.45) is 0 Å². The minimum absolute atomic E-state index is 0.243. The SMILES string of the molecule is CCCCCc1ccc(C2=CCC(OC)C=C2)c(CC)c1. The van der Waals surface area contributed by atoms with Gasteiger partial charge >= 0.3 is 0 Å². The van der Waals surface area contributed by atoms with E-state index in [0.29, 0.717) is 0 Å². The molecule has 2 rings (SSSR count). The fourth-order valence-corrected chi connectivity index (χ4v) is 2.93. The number of rotatable bonds is 7. The van der Waals surface area contributed by atoms with E-state index < -0.39 is 0 Å². The molecule has 0 fully saturated rings. The Bertz CT molecular complexity index is 511. The van der Waals surface area contributed by atoms with Gasteiger partial charge in [-0.3, -0.25) is 0 Å². The highest BCUT2D eigenvalue weighted by Crippen LogP contribution is 2.27. The summed E-state index contributed by atoms with van der Waals surface area (Å²) in [5, 5.41) is 0. The second kappa shape index (κ2) is 8.19. The summed E-state index contributed by atoms with van der Waals surface area (Å²) in [7, 11) is 1.77. The maximum absolute atomic E-state index is 5.37. The Morgan fingerprint density at radius 2 is 2.05 bits per heavy atom. The quantitative estimate of drug-likeness (QED) is 0.614. The molecular formula is C20H28O. The third kappa shape index (κ3) is 4.31. The molecule has 1 aromatic carbocycles. The van der Waals surface area contributed by atoms with E-state index in [1.807, 2.05) is 0 Å². The average molecular weight is 284 g/mol. The van der Waals surface area contributed by atoms with Crippen LogP contribution in [0.4, 0.5) is 0 Å². The van der Waals surface area contributed by atoms with Crippen molar-refractivity contribution in [3.05, 3.63) is 53.1 Å². The Balaban J connectivity index is 2.13. The number of methoxy groups -OCH3 is 1. The van der Waals surface area contributed by atoms with Gasteiger partial charge in [-0.05, 0) is 47.9 Å². The number of unbranched alkanes of at least 4 members (excludes halogenated alkanes) is 2. The van der Waals surface area contributed by atoms with Crippen LogP contribution in [0.2, 0.25) is 0 Å². The molecule has 21 heavy (non-hydrogen) atoms. The largest absolute Gasteiger partial charge is 0.377 e. The van der Waals surface area contributed by atoms with Crippen molar-refractivity contribution in [1.82, 2.24) is 0 Å². The molecular weight excluding hydrogens is 256 g/mol. The third-order valence-electron chi connectivity index (χ3n) is 4.29. The third-order valence-corrected chi connectivity index (χ3v) is 4.29. The fourth-order valence-electron chi connectivity index (χ4n) is 2.93. The standard InChI is InChI=1S/C20H28O/c1-4-6-7-8-16-9-14-20(17(5-2)15-16)18-10-12-19(21-3)13-11-18/h9-12,14-15,19H,4-8,13H2,1-3H3. The van der Waals surface area contributed by atoms with E-state index in [1.54, 1.807) is 7.11 Å². The topological polar surface area (TPSA) is 9.23 Å². The van der Waals surface area contributed by atoms with Gasteiger partial charge in [-0.2, -0.15) is 0 Å². The molecule has 1 unspecified atom stereocenters. The molecule has 1 heteroatoms. The van der Waals surface area contributed by atoms with Crippen LogP contribution in [-0.4, -0.2) is 13.2 Å². The molecule has 1 atom stereocenters. The van der Waals surface area contributed by atoms with E-state index in [1.165, 1.54) is 47.9 Å². The van der Waals surface area contributed by atoms with Gasteiger partial charge < -0.3 is 4.74 Å². The van der Waals surface area contributed by atoms with E-state index in [-0.39, 0.29) is 6.10 Å². The highest BCUT2D eigenvalue weighted by atomic mass is 16.5. The van der Waals surface area contributed by atoms with Crippen LogP contribution in [0.5, 0.6) is 0 Å². The Morgan fingerprint density at radius 3 is 2.67 bits per heavy atom. The van der Waals surface area contributed by atoms with Crippen LogP contribution >= 0.6 is 0 Å². The first-order chi connectivity index (χ1) is 10.3. The molecule has 0 bridgehead atoms. The summed E-state index contributed by atoms with van der Waals surface area (Å²) in [4.78, 5) is 0. The van der Waals surface area contributed by atoms with Gasteiger partial charge in [0.15, 0.2) is 0 Å². The highest BCUT2D eigenvalue weighted by Gasteiger charge is 2.11. The first kappa shape index (κ1) is 16.0. The lowest BCUT2D eigenvalue weighted by Crippen LogP contribution is -2.08. The predicted octanol–water partition coefficient (Wildman–Crippen LogP) is 5.34. The molecule has 1 aliphatic carbocycles. The maximum atomic E-state index is 5.37. The summed E-state index contributed by atoms with van der Waals surface area (Å²) in [6, 6.07) is 7.02. The smallest absolute Gasteiger partial charge is 0.0790 e. The van der Waals surface area contributed by atoms with Crippen molar-refractivity contribution in [3.63, 3.8) is 0 Å². The molecule has 1 nitrogen and oxygen atoms in total. The van der Waals surface area contributed by atoms with Gasteiger partial charge in [0.2, 0.25) is 0 Å². The van der Waals surface area contributed by atoms with Crippen LogP contribution in [0.3, 0.4) is 0 Å². The monoisotopic (exact) mass is 284 g/mol. The number of ether oxygens (including phenoxy) is 1. The molecule has 0 aliphatic heterocycles. The Hall–Kier alpha value is -1.34. The number of allylic oxidation sites excluding steroid dienone is 2. The fraction of sp³-hybridized carbons (Fsp3) is 0.500. The number of aryl methyl sites for hydroxylation is 2. The minimum atomic E-state index is 0.243. The van der Waals surface area contributed by atoms with Crippen molar-refractivity contribution in [1.29, 1.82) is 0 Å². The van der Waals surface area contributed by atoms with Crippen LogP contribution in [-0.2, 0) is 17.6 Å². The Morgan fingerprint density at radius 1 is 1.19 bits per heavy atom. The summed E-state index contributed by atoms with van der Waals surface area (Å²) < 4.78 is 5.37. The van der Waals surface area contributed by atoms with Crippen molar-refractivity contribution in [2.75, 3.05) is 7.11 Å². The maximum Gasteiger partial charge on any atom is 0.0790 e. The molecule has 1 aliphatic rings. The van der Waals surface area contributed by atoms with Crippen LogP contribution in [0.25, 0.3) is 5.57 Å². The minimum Gasteiger partial charge on any atom is -0.377 e. The Kier molecular flexibility index (Phi) is 6.25. The zero-order valence-corrected chi connectivity index (χ0v) is 13.7.